The minimum Gasteiger partial charge on any atom is -0.384 e. The van der Waals surface area contributed by atoms with Gasteiger partial charge in [0.05, 0.1) is 11.2 Å². The van der Waals surface area contributed by atoms with E-state index in [1.165, 1.54) is 0 Å². The number of hydrogen-bond acceptors (Lipinski definition) is 2. The van der Waals surface area contributed by atoms with Crippen LogP contribution >= 0.6 is 15.9 Å². The molecule has 1 aromatic heterocycles. The molecular weight excluding hydrogens is 278 g/mol. The quantitative estimate of drug-likeness (QED) is 0.872. The molecule has 4 heteroatoms. The van der Waals surface area contributed by atoms with E-state index in [1.807, 2.05) is 35.0 Å². The van der Waals surface area contributed by atoms with Gasteiger partial charge in [-0.05, 0) is 32.9 Å². The van der Waals surface area contributed by atoms with Crippen molar-refractivity contribution in [2.75, 3.05) is 5.73 Å². The molecule has 0 atom stereocenters. The van der Waals surface area contributed by atoms with Crippen LogP contribution in [0, 0.1) is 0 Å². The summed E-state index contributed by atoms with van der Waals surface area (Å²) in [6, 6.07) is 9.97. The Hall–Kier alpha value is -1.29. The normalized spacial score (nSPS) is 11.8. The van der Waals surface area contributed by atoms with Crippen molar-refractivity contribution >= 4 is 21.7 Å². The molecule has 0 bridgehead atoms. The lowest BCUT2D eigenvalue weighted by Crippen LogP contribution is -2.24. The zero-order valence-electron chi connectivity index (χ0n) is 10.2. The summed E-state index contributed by atoms with van der Waals surface area (Å²) in [4.78, 5) is 0. The van der Waals surface area contributed by atoms with Gasteiger partial charge >= 0.3 is 0 Å². The molecular formula is C13H16BrN3. The van der Waals surface area contributed by atoms with E-state index in [9.17, 15) is 0 Å². The number of nitrogens with two attached hydrogens (primary N) is 1. The minimum absolute atomic E-state index is 0.0995. The third kappa shape index (κ3) is 2.52. The second-order valence-electron chi connectivity index (χ2n) is 5.04. The third-order valence-electron chi connectivity index (χ3n) is 2.51. The fourth-order valence-corrected chi connectivity index (χ4v) is 1.96. The van der Waals surface area contributed by atoms with Gasteiger partial charge < -0.3 is 5.73 Å². The molecule has 0 aliphatic carbocycles. The van der Waals surface area contributed by atoms with Gasteiger partial charge in [-0.15, -0.1) is 0 Å². The van der Waals surface area contributed by atoms with Gasteiger partial charge in [0.15, 0.2) is 0 Å². The molecule has 0 aliphatic rings. The zero-order valence-corrected chi connectivity index (χ0v) is 11.8. The van der Waals surface area contributed by atoms with Gasteiger partial charge in [0.1, 0.15) is 5.82 Å². The lowest BCUT2D eigenvalue weighted by molar-refractivity contribution is 0.362. The van der Waals surface area contributed by atoms with Crippen LogP contribution in [0.2, 0.25) is 0 Å². The number of nitrogen functional groups attached to an aromatic ring is 1. The summed E-state index contributed by atoms with van der Waals surface area (Å²) in [6.45, 7) is 6.26. The van der Waals surface area contributed by atoms with Crippen molar-refractivity contribution in [3.05, 3.63) is 34.8 Å². The summed E-state index contributed by atoms with van der Waals surface area (Å²) in [5, 5.41) is 4.56. The highest BCUT2D eigenvalue weighted by Crippen LogP contribution is 2.26. The zero-order chi connectivity index (χ0) is 12.6. The van der Waals surface area contributed by atoms with Gasteiger partial charge in [-0.25, -0.2) is 4.68 Å². The first-order valence-electron chi connectivity index (χ1n) is 5.50. The molecule has 3 nitrogen and oxygen atoms in total. The summed E-state index contributed by atoms with van der Waals surface area (Å²) in [5.41, 5.74) is 7.87. The van der Waals surface area contributed by atoms with Crippen molar-refractivity contribution in [2.24, 2.45) is 0 Å². The van der Waals surface area contributed by atoms with Gasteiger partial charge in [-0.3, -0.25) is 0 Å². The van der Waals surface area contributed by atoms with Crippen molar-refractivity contribution in [3.8, 4) is 11.3 Å². The number of benzene rings is 1. The monoisotopic (exact) mass is 293 g/mol. The lowest BCUT2D eigenvalue weighted by Gasteiger charge is -2.20. The first-order valence-corrected chi connectivity index (χ1v) is 6.29. The predicted octanol–water partition coefficient (Wildman–Crippen LogP) is 3.65. The molecule has 0 saturated carbocycles. The fraction of sp³-hybridized carbons (Fsp3) is 0.308. The van der Waals surface area contributed by atoms with Crippen LogP contribution in [-0.2, 0) is 5.54 Å². The molecule has 0 fully saturated rings. The van der Waals surface area contributed by atoms with E-state index in [0.29, 0.717) is 5.82 Å². The summed E-state index contributed by atoms with van der Waals surface area (Å²) < 4.78 is 2.91. The summed E-state index contributed by atoms with van der Waals surface area (Å²) in [6.07, 6.45) is 0. The Labute approximate surface area is 110 Å². The van der Waals surface area contributed by atoms with E-state index in [1.54, 1.807) is 0 Å². The van der Waals surface area contributed by atoms with Gasteiger partial charge in [-0.2, -0.15) is 5.10 Å². The minimum atomic E-state index is -0.0995. The van der Waals surface area contributed by atoms with Crippen LogP contribution < -0.4 is 5.73 Å². The SMILES string of the molecule is CC(C)(C)n1nc(-c2ccc(Br)cc2)cc1N. The Morgan fingerprint density at radius 1 is 1.18 bits per heavy atom. The van der Waals surface area contributed by atoms with Gasteiger partial charge in [0, 0.05) is 16.1 Å². The number of aromatic nitrogens is 2. The molecule has 2 aromatic rings. The number of hydrogen-bond donors (Lipinski definition) is 1. The first kappa shape index (κ1) is 12.2. The van der Waals surface area contributed by atoms with Crippen LogP contribution in [-0.4, -0.2) is 9.78 Å². The molecule has 0 unspecified atom stereocenters. The highest BCUT2D eigenvalue weighted by molar-refractivity contribution is 9.10. The standard InChI is InChI=1S/C13H16BrN3/c1-13(2,3)17-12(15)8-11(16-17)9-4-6-10(14)7-5-9/h4-8H,15H2,1-3H3. The summed E-state index contributed by atoms with van der Waals surface area (Å²) >= 11 is 3.42. The highest BCUT2D eigenvalue weighted by atomic mass is 79.9. The molecule has 0 saturated heterocycles. The maximum atomic E-state index is 5.99. The van der Waals surface area contributed by atoms with E-state index < -0.39 is 0 Å². The molecule has 0 radical (unpaired) electrons. The second-order valence-corrected chi connectivity index (χ2v) is 5.96. The van der Waals surface area contributed by atoms with Crippen LogP contribution in [0.3, 0.4) is 0 Å². The van der Waals surface area contributed by atoms with Crippen molar-refractivity contribution < 1.29 is 0 Å². The highest BCUT2D eigenvalue weighted by Gasteiger charge is 2.18. The predicted molar refractivity (Wildman–Crippen MR) is 74.8 cm³/mol. The molecule has 1 aromatic carbocycles. The Kier molecular flexibility index (Phi) is 3.00. The average molecular weight is 294 g/mol. The van der Waals surface area contributed by atoms with Crippen molar-refractivity contribution in [2.45, 2.75) is 26.3 Å². The molecule has 2 rings (SSSR count). The summed E-state index contributed by atoms with van der Waals surface area (Å²) in [5.74, 6) is 0.690. The average Bonchev–Trinajstić information content (AvgIpc) is 2.61. The van der Waals surface area contributed by atoms with E-state index in [0.717, 1.165) is 15.7 Å². The molecule has 0 spiro atoms. The van der Waals surface area contributed by atoms with Crippen molar-refractivity contribution in [3.63, 3.8) is 0 Å². The van der Waals surface area contributed by atoms with E-state index in [4.69, 9.17) is 5.73 Å². The van der Waals surface area contributed by atoms with Gasteiger partial charge in [0.25, 0.3) is 0 Å². The Morgan fingerprint density at radius 2 is 1.76 bits per heavy atom. The van der Waals surface area contributed by atoms with Crippen molar-refractivity contribution in [1.82, 2.24) is 9.78 Å². The largest absolute Gasteiger partial charge is 0.384 e. The molecule has 2 N–H and O–H groups in total. The maximum Gasteiger partial charge on any atom is 0.122 e. The van der Waals surface area contributed by atoms with Crippen LogP contribution in [0.5, 0.6) is 0 Å². The van der Waals surface area contributed by atoms with Gasteiger partial charge in [-0.1, -0.05) is 28.1 Å². The Morgan fingerprint density at radius 3 is 2.24 bits per heavy atom. The Bertz CT molecular complexity index is 521. The Balaban J connectivity index is 2.45. The fourth-order valence-electron chi connectivity index (χ4n) is 1.69. The van der Waals surface area contributed by atoms with Crippen LogP contribution in [0.25, 0.3) is 11.3 Å². The number of anilines is 1. The third-order valence-corrected chi connectivity index (χ3v) is 3.04. The smallest absolute Gasteiger partial charge is 0.122 e. The maximum absolute atomic E-state index is 5.99. The van der Waals surface area contributed by atoms with Gasteiger partial charge in [0.2, 0.25) is 0 Å². The first-order chi connectivity index (χ1) is 7.88. The molecule has 0 aliphatic heterocycles. The summed E-state index contributed by atoms with van der Waals surface area (Å²) in [7, 11) is 0. The lowest BCUT2D eigenvalue weighted by atomic mass is 10.1. The molecule has 1 heterocycles. The molecule has 17 heavy (non-hydrogen) atoms. The molecule has 0 amide bonds. The van der Waals surface area contributed by atoms with E-state index in [-0.39, 0.29) is 5.54 Å². The second kappa shape index (κ2) is 4.18. The van der Waals surface area contributed by atoms with E-state index >= 15 is 0 Å². The van der Waals surface area contributed by atoms with Crippen LogP contribution in [0.4, 0.5) is 5.82 Å². The molecule has 90 valence electrons. The number of halogens is 1. The number of nitrogens with zero attached hydrogens (tertiary/aromatic N) is 2. The van der Waals surface area contributed by atoms with Crippen molar-refractivity contribution in [1.29, 1.82) is 0 Å². The topological polar surface area (TPSA) is 43.8 Å². The number of rotatable bonds is 1. The van der Waals surface area contributed by atoms with Crippen LogP contribution in [0.1, 0.15) is 20.8 Å². The van der Waals surface area contributed by atoms with E-state index in [2.05, 4.69) is 41.8 Å². The van der Waals surface area contributed by atoms with Crippen LogP contribution in [0.15, 0.2) is 34.8 Å².